The van der Waals surface area contributed by atoms with Crippen LogP contribution in [0.1, 0.15) is 13.8 Å². The Hall–Kier alpha value is -0.120. The largest absolute Gasteiger partial charge is 0.383 e. The molecule has 0 fully saturated rings. The molecule has 1 unspecified atom stereocenters. The fraction of sp³-hybridized carbons (Fsp3) is 1.00. The van der Waals surface area contributed by atoms with Gasteiger partial charge in [-0.15, -0.1) is 0 Å². The molecule has 0 bridgehead atoms. The molecular formula is C9H22N2O. The van der Waals surface area contributed by atoms with Crippen LogP contribution in [0.2, 0.25) is 0 Å². The predicted molar refractivity (Wildman–Crippen MR) is 52.2 cm³/mol. The predicted octanol–water partition coefficient (Wildman–Crippen LogP) is 0.548. The summed E-state index contributed by atoms with van der Waals surface area (Å²) in [7, 11) is 3.82. The summed E-state index contributed by atoms with van der Waals surface area (Å²) in [6.07, 6.45) is 0. The smallest absolute Gasteiger partial charge is 0.0589 e. The molecule has 0 aromatic rings. The van der Waals surface area contributed by atoms with Crippen molar-refractivity contribution in [2.75, 3.05) is 33.9 Å². The molecule has 0 saturated heterocycles. The minimum Gasteiger partial charge on any atom is -0.383 e. The van der Waals surface area contributed by atoms with E-state index in [0.29, 0.717) is 12.0 Å². The van der Waals surface area contributed by atoms with Gasteiger partial charge >= 0.3 is 0 Å². The van der Waals surface area contributed by atoms with Crippen LogP contribution in [-0.4, -0.2) is 44.8 Å². The Bertz CT molecular complexity index is 107. The van der Waals surface area contributed by atoms with Gasteiger partial charge in [0.1, 0.15) is 0 Å². The summed E-state index contributed by atoms with van der Waals surface area (Å²) in [5, 5.41) is 0. The van der Waals surface area contributed by atoms with Crippen molar-refractivity contribution in [1.82, 2.24) is 4.90 Å². The molecule has 1 atom stereocenters. The van der Waals surface area contributed by atoms with Crippen molar-refractivity contribution in [3.63, 3.8) is 0 Å². The summed E-state index contributed by atoms with van der Waals surface area (Å²) < 4.78 is 5.00. The zero-order valence-corrected chi connectivity index (χ0v) is 8.71. The first-order valence-corrected chi connectivity index (χ1v) is 4.52. The van der Waals surface area contributed by atoms with E-state index in [1.54, 1.807) is 7.11 Å². The molecule has 0 spiro atoms. The summed E-state index contributed by atoms with van der Waals surface area (Å²) >= 11 is 0. The van der Waals surface area contributed by atoms with Crippen molar-refractivity contribution >= 4 is 0 Å². The van der Waals surface area contributed by atoms with Crippen LogP contribution in [0.25, 0.3) is 0 Å². The first-order chi connectivity index (χ1) is 5.63. The van der Waals surface area contributed by atoms with Crippen molar-refractivity contribution in [2.45, 2.75) is 19.9 Å². The fourth-order valence-corrected chi connectivity index (χ4v) is 1.36. The van der Waals surface area contributed by atoms with Gasteiger partial charge in [-0.25, -0.2) is 0 Å². The van der Waals surface area contributed by atoms with Gasteiger partial charge in [-0.3, -0.25) is 4.90 Å². The third-order valence-electron chi connectivity index (χ3n) is 2.23. The second-order valence-electron chi connectivity index (χ2n) is 3.52. The maximum atomic E-state index is 5.66. The molecule has 0 aliphatic carbocycles. The Morgan fingerprint density at radius 3 is 2.33 bits per heavy atom. The molecule has 0 aliphatic heterocycles. The molecule has 0 aromatic carbocycles. The standard InChI is InChI=1S/C9H22N2O/c1-8(2)9(7-10)11(3)5-6-12-4/h8-9H,5-7,10H2,1-4H3. The van der Waals surface area contributed by atoms with E-state index in [9.17, 15) is 0 Å². The Morgan fingerprint density at radius 1 is 1.42 bits per heavy atom. The highest BCUT2D eigenvalue weighted by Crippen LogP contribution is 2.06. The van der Waals surface area contributed by atoms with Crippen LogP contribution >= 0.6 is 0 Å². The minimum absolute atomic E-state index is 0.472. The van der Waals surface area contributed by atoms with Gasteiger partial charge in [0, 0.05) is 26.2 Å². The molecular weight excluding hydrogens is 152 g/mol. The van der Waals surface area contributed by atoms with Crippen LogP contribution in [0, 0.1) is 5.92 Å². The highest BCUT2D eigenvalue weighted by Gasteiger charge is 2.15. The molecule has 0 heterocycles. The zero-order chi connectivity index (χ0) is 9.56. The molecule has 3 nitrogen and oxygen atoms in total. The van der Waals surface area contributed by atoms with Gasteiger partial charge in [-0.1, -0.05) is 13.8 Å². The first-order valence-electron chi connectivity index (χ1n) is 4.52. The Balaban J connectivity index is 3.77. The van der Waals surface area contributed by atoms with Crippen LogP contribution in [0.3, 0.4) is 0 Å². The summed E-state index contributed by atoms with van der Waals surface area (Å²) in [4.78, 5) is 2.26. The third kappa shape index (κ3) is 4.04. The highest BCUT2D eigenvalue weighted by atomic mass is 16.5. The number of nitrogens with zero attached hydrogens (tertiary/aromatic N) is 1. The van der Waals surface area contributed by atoms with Crippen molar-refractivity contribution in [1.29, 1.82) is 0 Å². The molecule has 74 valence electrons. The van der Waals surface area contributed by atoms with E-state index in [1.165, 1.54) is 0 Å². The number of hydrogen-bond acceptors (Lipinski definition) is 3. The maximum Gasteiger partial charge on any atom is 0.0589 e. The van der Waals surface area contributed by atoms with E-state index in [1.807, 2.05) is 0 Å². The molecule has 0 aliphatic rings. The summed E-state index contributed by atoms with van der Waals surface area (Å²) in [5.74, 6) is 0.608. The van der Waals surface area contributed by atoms with Gasteiger partial charge in [0.05, 0.1) is 6.61 Å². The number of nitrogens with two attached hydrogens (primary N) is 1. The van der Waals surface area contributed by atoms with E-state index < -0.39 is 0 Å². The molecule has 3 heteroatoms. The van der Waals surface area contributed by atoms with Gasteiger partial charge < -0.3 is 10.5 Å². The average Bonchev–Trinajstić information content (AvgIpc) is 2.01. The van der Waals surface area contributed by atoms with Crippen molar-refractivity contribution in [3.05, 3.63) is 0 Å². The van der Waals surface area contributed by atoms with Gasteiger partial charge in [0.25, 0.3) is 0 Å². The van der Waals surface area contributed by atoms with Gasteiger partial charge in [0.2, 0.25) is 0 Å². The van der Waals surface area contributed by atoms with Crippen molar-refractivity contribution in [3.8, 4) is 0 Å². The van der Waals surface area contributed by atoms with E-state index >= 15 is 0 Å². The van der Waals surface area contributed by atoms with Gasteiger partial charge in [0.15, 0.2) is 0 Å². The molecule has 2 N–H and O–H groups in total. The van der Waals surface area contributed by atoms with Crippen LogP contribution in [0.15, 0.2) is 0 Å². The van der Waals surface area contributed by atoms with Crippen LogP contribution in [-0.2, 0) is 4.74 Å². The lowest BCUT2D eigenvalue weighted by Crippen LogP contribution is -2.43. The van der Waals surface area contributed by atoms with Crippen molar-refractivity contribution < 1.29 is 4.74 Å². The number of hydrogen-bond donors (Lipinski definition) is 1. The van der Waals surface area contributed by atoms with E-state index in [4.69, 9.17) is 10.5 Å². The molecule has 0 radical (unpaired) electrons. The molecule has 12 heavy (non-hydrogen) atoms. The van der Waals surface area contributed by atoms with E-state index in [0.717, 1.165) is 19.7 Å². The Morgan fingerprint density at radius 2 is 2.00 bits per heavy atom. The lowest BCUT2D eigenvalue weighted by molar-refractivity contribution is 0.124. The highest BCUT2D eigenvalue weighted by molar-refractivity contribution is 4.72. The minimum atomic E-state index is 0.472. The summed E-state index contributed by atoms with van der Waals surface area (Å²) in [6.45, 7) is 6.84. The second kappa shape index (κ2) is 6.40. The zero-order valence-electron chi connectivity index (χ0n) is 8.71. The number of ether oxygens (including phenoxy) is 1. The molecule has 0 rings (SSSR count). The number of likely N-dealkylation sites (N-methyl/N-ethyl adjacent to an activating group) is 1. The maximum absolute atomic E-state index is 5.66. The fourth-order valence-electron chi connectivity index (χ4n) is 1.36. The summed E-state index contributed by atoms with van der Waals surface area (Å²) in [6, 6.07) is 0.472. The van der Waals surface area contributed by atoms with Gasteiger partial charge in [-0.05, 0) is 13.0 Å². The van der Waals surface area contributed by atoms with E-state index in [2.05, 4.69) is 25.8 Å². The SMILES string of the molecule is COCCN(C)C(CN)C(C)C. The Labute approximate surface area is 75.9 Å². The average molecular weight is 174 g/mol. The van der Waals surface area contributed by atoms with E-state index in [-0.39, 0.29) is 0 Å². The third-order valence-corrected chi connectivity index (χ3v) is 2.23. The molecule has 0 aromatic heterocycles. The van der Waals surface area contributed by atoms with Crippen LogP contribution < -0.4 is 5.73 Å². The lowest BCUT2D eigenvalue weighted by Gasteiger charge is -2.29. The number of rotatable bonds is 6. The molecule has 0 amide bonds. The lowest BCUT2D eigenvalue weighted by atomic mass is 10.0. The summed E-state index contributed by atoms with van der Waals surface area (Å²) in [5.41, 5.74) is 5.66. The quantitative estimate of drug-likeness (QED) is 0.639. The topological polar surface area (TPSA) is 38.5 Å². The van der Waals surface area contributed by atoms with Crippen LogP contribution in [0.5, 0.6) is 0 Å². The van der Waals surface area contributed by atoms with Gasteiger partial charge in [-0.2, -0.15) is 0 Å². The van der Waals surface area contributed by atoms with Crippen molar-refractivity contribution in [2.24, 2.45) is 11.7 Å². The molecule has 0 saturated carbocycles. The normalized spacial score (nSPS) is 14.2. The van der Waals surface area contributed by atoms with Crippen LogP contribution in [0.4, 0.5) is 0 Å². The first kappa shape index (κ1) is 11.9. The second-order valence-corrected chi connectivity index (χ2v) is 3.52. The Kier molecular flexibility index (Phi) is 6.34. The number of methoxy groups -OCH3 is 1. The monoisotopic (exact) mass is 174 g/mol.